The zero-order valence-corrected chi connectivity index (χ0v) is 8.26. The number of hydrogen-bond acceptors (Lipinski definition) is 5. The van der Waals surface area contributed by atoms with Gasteiger partial charge in [0.2, 0.25) is 5.89 Å². The molecule has 78 valence electrons. The van der Waals surface area contributed by atoms with Gasteiger partial charge in [0.05, 0.1) is 5.69 Å². The molecule has 0 unspecified atom stereocenters. The van der Waals surface area contributed by atoms with Gasteiger partial charge < -0.3 is 9.84 Å². The first-order chi connectivity index (χ1) is 7.45. The van der Waals surface area contributed by atoms with Crippen LogP contribution in [-0.2, 0) is 13.0 Å². The molecule has 1 N–H and O–H groups in total. The van der Waals surface area contributed by atoms with Gasteiger partial charge in [0.25, 0.3) is 0 Å². The van der Waals surface area contributed by atoms with Crippen LogP contribution in [0.1, 0.15) is 11.6 Å². The van der Waals surface area contributed by atoms with Gasteiger partial charge in [0.15, 0.2) is 6.33 Å². The van der Waals surface area contributed by atoms with Crippen LogP contribution in [0.2, 0.25) is 0 Å². The molecule has 5 heteroatoms. The molecule has 0 aromatic carbocycles. The van der Waals surface area contributed by atoms with E-state index in [1.54, 1.807) is 6.20 Å². The normalized spacial score (nSPS) is 10.4. The third-order valence-electron chi connectivity index (χ3n) is 1.95. The fourth-order valence-corrected chi connectivity index (χ4v) is 1.22. The Kier molecular flexibility index (Phi) is 3.40. The van der Waals surface area contributed by atoms with Gasteiger partial charge in [-0.15, -0.1) is 0 Å². The van der Waals surface area contributed by atoms with Crippen molar-refractivity contribution in [2.24, 2.45) is 0 Å². The molecule has 0 aliphatic carbocycles. The van der Waals surface area contributed by atoms with E-state index in [1.165, 1.54) is 6.33 Å². The third kappa shape index (κ3) is 3.14. The minimum Gasteiger partial charge on any atom is -0.340 e. The molecule has 2 rings (SSSR count). The summed E-state index contributed by atoms with van der Waals surface area (Å²) >= 11 is 0. The predicted octanol–water partition coefficient (Wildman–Crippen LogP) is 0.797. The third-order valence-corrected chi connectivity index (χ3v) is 1.95. The largest absolute Gasteiger partial charge is 0.340 e. The van der Waals surface area contributed by atoms with Gasteiger partial charge >= 0.3 is 0 Å². The number of rotatable bonds is 5. The predicted molar refractivity (Wildman–Crippen MR) is 53.9 cm³/mol. The molecule has 2 aromatic heterocycles. The molecule has 0 aliphatic heterocycles. The summed E-state index contributed by atoms with van der Waals surface area (Å²) in [6.45, 7) is 1.56. The van der Waals surface area contributed by atoms with Crippen molar-refractivity contribution in [3.05, 3.63) is 42.3 Å². The smallest absolute Gasteiger partial charge is 0.227 e. The maximum atomic E-state index is 4.87. The molecular weight excluding hydrogens is 192 g/mol. The first kappa shape index (κ1) is 9.79. The average molecular weight is 204 g/mol. The van der Waals surface area contributed by atoms with Crippen LogP contribution in [0.4, 0.5) is 0 Å². The fourth-order valence-electron chi connectivity index (χ4n) is 1.22. The second-order valence-electron chi connectivity index (χ2n) is 3.08. The molecule has 0 saturated heterocycles. The van der Waals surface area contributed by atoms with Crippen LogP contribution in [0, 0.1) is 0 Å². The van der Waals surface area contributed by atoms with Crippen LogP contribution in [-0.4, -0.2) is 21.7 Å². The van der Waals surface area contributed by atoms with E-state index in [4.69, 9.17) is 4.52 Å². The molecule has 0 radical (unpaired) electrons. The highest BCUT2D eigenvalue weighted by atomic mass is 16.5. The molecular formula is C10H12N4O. The Labute approximate surface area is 87.5 Å². The van der Waals surface area contributed by atoms with Crippen molar-refractivity contribution in [1.82, 2.24) is 20.4 Å². The van der Waals surface area contributed by atoms with Crippen molar-refractivity contribution in [2.45, 2.75) is 13.0 Å². The van der Waals surface area contributed by atoms with E-state index in [1.807, 2.05) is 18.2 Å². The summed E-state index contributed by atoms with van der Waals surface area (Å²) in [5.74, 6) is 0.656. The Morgan fingerprint density at radius 3 is 3.00 bits per heavy atom. The molecule has 0 fully saturated rings. The molecule has 0 amide bonds. The maximum absolute atomic E-state index is 4.87. The van der Waals surface area contributed by atoms with Gasteiger partial charge in [-0.05, 0) is 12.1 Å². The summed E-state index contributed by atoms with van der Waals surface area (Å²) in [7, 11) is 0. The highest BCUT2D eigenvalue weighted by Gasteiger charge is 1.98. The Balaban J connectivity index is 1.68. The lowest BCUT2D eigenvalue weighted by Gasteiger charge is -2.01. The number of hydrogen-bond donors (Lipinski definition) is 1. The Bertz CT molecular complexity index is 374. The van der Waals surface area contributed by atoms with Crippen LogP contribution in [0.5, 0.6) is 0 Å². The second-order valence-corrected chi connectivity index (χ2v) is 3.08. The Hall–Kier alpha value is -1.75. The topological polar surface area (TPSA) is 63.8 Å². The van der Waals surface area contributed by atoms with Crippen molar-refractivity contribution in [2.75, 3.05) is 6.54 Å². The van der Waals surface area contributed by atoms with E-state index >= 15 is 0 Å². The zero-order valence-electron chi connectivity index (χ0n) is 8.26. The second kappa shape index (κ2) is 5.21. The lowest BCUT2D eigenvalue weighted by atomic mass is 10.3. The van der Waals surface area contributed by atoms with Gasteiger partial charge in [0.1, 0.15) is 0 Å². The van der Waals surface area contributed by atoms with Crippen LogP contribution < -0.4 is 5.32 Å². The van der Waals surface area contributed by atoms with E-state index in [0.29, 0.717) is 5.89 Å². The minimum absolute atomic E-state index is 0.656. The molecule has 0 spiro atoms. The lowest BCUT2D eigenvalue weighted by molar-refractivity contribution is 0.374. The van der Waals surface area contributed by atoms with Gasteiger partial charge in [-0.1, -0.05) is 11.2 Å². The molecule has 0 atom stereocenters. The quantitative estimate of drug-likeness (QED) is 0.730. The van der Waals surface area contributed by atoms with Gasteiger partial charge in [-0.25, -0.2) is 0 Å². The van der Waals surface area contributed by atoms with Crippen LogP contribution in [0.15, 0.2) is 35.2 Å². The molecule has 2 heterocycles. The van der Waals surface area contributed by atoms with Crippen LogP contribution >= 0.6 is 0 Å². The molecule has 5 nitrogen and oxygen atoms in total. The highest BCUT2D eigenvalue weighted by molar-refractivity contribution is 5.02. The summed E-state index contributed by atoms with van der Waals surface area (Å²) in [6, 6.07) is 5.86. The van der Waals surface area contributed by atoms with Crippen molar-refractivity contribution in [3.8, 4) is 0 Å². The van der Waals surface area contributed by atoms with Crippen LogP contribution in [0.25, 0.3) is 0 Å². The van der Waals surface area contributed by atoms with Crippen molar-refractivity contribution < 1.29 is 4.52 Å². The summed E-state index contributed by atoms with van der Waals surface area (Å²) in [5.41, 5.74) is 1.03. The monoisotopic (exact) mass is 204 g/mol. The molecule has 2 aromatic rings. The zero-order chi connectivity index (χ0) is 10.3. The van der Waals surface area contributed by atoms with Crippen LogP contribution in [0.3, 0.4) is 0 Å². The summed E-state index contributed by atoms with van der Waals surface area (Å²) in [4.78, 5) is 8.13. The number of pyridine rings is 1. The Morgan fingerprint density at radius 2 is 2.27 bits per heavy atom. The molecule has 0 bridgehead atoms. The van der Waals surface area contributed by atoms with Crippen molar-refractivity contribution in [1.29, 1.82) is 0 Å². The molecule has 0 saturated carbocycles. The fraction of sp³-hybridized carbons (Fsp3) is 0.300. The minimum atomic E-state index is 0.656. The lowest BCUT2D eigenvalue weighted by Crippen LogP contribution is -2.17. The van der Waals surface area contributed by atoms with E-state index < -0.39 is 0 Å². The average Bonchev–Trinajstić information content (AvgIpc) is 2.79. The van der Waals surface area contributed by atoms with Crippen molar-refractivity contribution in [3.63, 3.8) is 0 Å². The Morgan fingerprint density at radius 1 is 1.27 bits per heavy atom. The first-order valence-corrected chi connectivity index (χ1v) is 4.81. The van der Waals surface area contributed by atoms with Gasteiger partial charge in [0, 0.05) is 25.7 Å². The SMILES string of the molecule is c1ccc(CNCCc2ncno2)nc1. The number of aromatic nitrogens is 3. The summed E-state index contributed by atoms with van der Waals surface area (Å²) < 4.78 is 4.87. The van der Waals surface area contributed by atoms with Gasteiger partial charge in [-0.3, -0.25) is 4.98 Å². The standard InChI is InChI=1S/C10H12N4O/c1-2-5-12-9(3-1)7-11-6-4-10-13-8-14-15-10/h1-3,5,8,11H,4,6-7H2. The molecule has 0 aliphatic rings. The molecule has 15 heavy (non-hydrogen) atoms. The van der Waals surface area contributed by atoms with E-state index in [9.17, 15) is 0 Å². The van der Waals surface area contributed by atoms with Crippen molar-refractivity contribution >= 4 is 0 Å². The van der Waals surface area contributed by atoms with E-state index in [2.05, 4.69) is 20.4 Å². The van der Waals surface area contributed by atoms with E-state index in [-0.39, 0.29) is 0 Å². The first-order valence-electron chi connectivity index (χ1n) is 4.81. The van der Waals surface area contributed by atoms with Gasteiger partial charge in [-0.2, -0.15) is 4.98 Å². The maximum Gasteiger partial charge on any atom is 0.227 e. The number of nitrogens with one attached hydrogen (secondary N) is 1. The number of nitrogens with zero attached hydrogens (tertiary/aromatic N) is 3. The summed E-state index contributed by atoms with van der Waals surface area (Å²) in [6.07, 6.45) is 3.94. The highest BCUT2D eigenvalue weighted by Crippen LogP contribution is 1.93. The summed E-state index contributed by atoms with van der Waals surface area (Å²) in [5, 5.41) is 6.78. The van der Waals surface area contributed by atoms with E-state index in [0.717, 1.165) is 25.2 Å².